The number of benzene rings is 1. The van der Waals surface area contributed by atoms with Crippen LogP contribution < -0.4 is 0 Å². The van der Waals surface area contributed by atoms with Crippen LogP contribution in [0.25, 0.3) is 0 Å². The van der Waals surface area contributed by atoms with Gasteiger partial charge in [-0.3, -0.25) is 4.79 Å². The van der Waals surface area contributed by atoms with Crippen LogP contribution in [0, 0.1) is 5.41 Å². The highest BCUT2D eigenvalue weighted by Crippen LogP contribution is 2.22. The van der Waals surface area contributed by atoms with Crippen molar-refractivity contribution in [3.63, 3.8) is 0 Å². The Morgan fingerprint density at radius 2 is 1.73 bits per heavy atom. The molecule has 0 saturated carbocycles. The van der Waals surface area contributed by atoms with Crippen molar-refractivity contribution < 1.29 is 4.79 Å². The molecule has 15 heavy (non-hydrogen) atoms. The minimum absolute atomic E-state index is 0.264. The average molecular weight is 204 g/mol. The van der Waals surface area contributed by atoms with E-state index in [1.165, 1.54) is 0 Å². The highest BCUT2D eigenvalue weighted by atomic mass is 16.1. The molecule has 0 heterocycles. The summed E-state index contributed by atoms with van der Waals surface area (Å²) < 4.78 is 0. The molecule has 0 aromatic heterocycles. The molecule has 1 aromatic carbocycles. The lowest BCUT2D eigenvalue weighted by Crippen LogP contribution is -2.06. The summed E-state index contributed by atoms with van der Waals surface area (Å²) in [5.74, 6) is 0.264. The maximum absolute atomic E-state index is 11.7. The van der Waals surface area contributed by atoms with Crippen molar-refractivity contribution in [3.05, 3.63) is 35.9 Å². The van der Waals surface area contributed by atoms with Crippen LogP contribution in [-0.4, -0.2) is 5.78 Å². The lowest BCUT2D eigenvalue weighted by Gasteiger charge is -2.17. The molecule has 82 valence electrons. The highest BCUT2D eigenvalue weighted by molar-refractivity contribution is 5.95. The predicted octanol–water partition coefficient (Wildman–Crippen LogP) is 4.09. The second kappa shape index (κ2) is 5.11. The Bertz CT molecular complexity index is 306. The maximum atomic E-state index is 11.7. The lowest BCUT2D eigenvalue weighted by atomic mass is 9.89. The zero-order valence-corrected chi connectivity index (χ0v) is 9.92. The summed E-state index contributed by atoms with van der Waals surface area (Å²) >= 11 is 0. The van der Waals surface area contributed by atoms with Crippen LogP contribution >= 0.6 is 0 Å². The van der Waals surface area contributed by atoms with E-state index in [1.54, 1.807) is 0 Å². The van der Waals surface area contributed by atoms with Crippen LogP contribution in [0.2, 0.25) is 0 Å². The number of ketones is 1. The van der Waals surface area contributed by atoms with Gasteiger partial charge in [0.2, 0.25) is 0 Å². The molecule has 0 unspecified atom stereocenters. The number of hydrogen-bond donors (Lipinski definition) is 0. The van der Waals surface area contributed by atoms with Crippen molar-refractivity contribution >= 4 is 5.78 Å². The van der Waals surface area contributed by atoms with Gasteiger partial charge in [-0.25, -0.2) is 0 Å². The van der Waals surface area contributed by atoms with Gasteiger partial charge in [-0.1, -0.05) is 51.1 Å². The molecule has 1 heteroatoms. The predicted molar refractivity (Wildman–Crippen MR) is 64.1 cm³/mol. The number of Topliss-reactive ketones (excluding diaryl/α,β-unsaturated/α-hetero) is 1. The van der Waals surface area contributed by atoms with Crippen LogP contribution in [0.3, 0.4) is 0 Å². The third kappa shape index (κ3) is 4.78. The van der Waals surface area contributed by atoms with Gasteiger partial charge in [-0.05, 0) is 18.3 Å². The molecule has 1 rings (SSSR count). The van der Waals surface area contributed by atoms with Crippen molar-refractivity contribution in [2.75, 3.05) is 0 Å². The zero-order valence-electron chi connectivity index (χ0n) is 9.92. The smallest absolute Gasteiger partial charge is 0.162 e. The summed E-state index contributed by atoms with van der Waals surface area (Å²) in [4.78, 5) is 11.7. The topological polar surface area (TPSA) is 17.1 Å². The molecule has 1 aromatic rings. The fourth-order valence-electron chi connectivity index (χ4n) is 1.55. The summed E-state index contributed by atoms with van der Waals surface area (Å²) in [5, 5.41) is 0. The van der Waals surface area contributed by atoms with E-state index in [0.717, 1.165) is 18.4 Å². The second-order valence-electron chi connectivity index (χ2n) is 5.20. The molecule has 0 fully saturated rings. The van der Waals surface area contributed by atoms with Crippen LogP contribution in [0.15, 0.2) is 30.3 Å². The Kier molecular flexibility index (Phi) is 4.07. The Morgan fingerprint density at radius 3 is 2.27 bits per heavy atom. The molecule has 0 amide bonds. The molecule has 0 aliphatic heterocycles. The minimum atomic E-state index is 0.264. The molecular weight excluding hydrogens is 184 g/mol. The van der Waals surface area contributed by atoms with Gasteiger partial charge >= 0.3 is 0 Å². The number of hydrogen-bond acceptors (Lipinski definition) is 1. The lowest BCUT2D eigenvalue weighted by molar-refractivity contribution is 0.0976. The third-order valence-electron chi connectivity index (χ3n) is 2.43. The van der Waals surface area contributed by atoms with Crippen LogP contribution in [-0.2, 0) is 0 Å². The van der Waals surface area contributed by atoms with E-state index in [9.17, 15) is 4.79 Å². The van der Waals surface area contributed by atoms with E-state index in [4.69, 9.17) is 0 Å². The molecule has 0 radical (unpaired) electrons. The van der Waals surface area contributed by atoms with E-state index in [0.29, 0.717) is 11.8 Å². The van der Waals surface area contributed by atoms with Crippen molar-refractivity contribution in [1.82, 2.24) is 0 Å². The van der Waals surface area contributed by atoms with Gasteiger partial charge in [0, 0.05) is 12.0 Å². The summed E-state index contributed by atoms with van der Waals surface area (Å²) in [6.45, 7) is 6.62. The van der Waals surface area contributed by atoms with Gasteiger partial charge < -0.3 is 0 Å². The van der Waals surface area contributed by atoms with E-state index in [1.807, 2.05) is 30.3 Å². The van der Waals surface area contributed by atoms with Crippen molar-refractivity contribution in [3.8, 4) is 0 Å². The largest absolute Gasteiger partial charge is 0.294 e. The van der Waals surface area contributed by atoms with Gasteiger partial charge in [-0.15, -0.1) is 0 Å². The molecule has 0 N–H and O–H groups in total. The number of carbonyl (C=O) groups is 1. The first kappa shape index (κ1) is 12.0. The van der Waals surface area contributed by atoms with E-state index in [2.05, 4.69) is 20.8 Å². The molecule has 0 spiro atoms. The standard InChI is InChI=1S/C14H20O/c1-14(2,3)11-7-10-13(15)12-8-5-4-6-9-12/h4-6,8-9H,7,10-11H2,1-3H3. The van der Waals surface area contributed by atoms with Crippen molar-refractivity contribution in [2.24, 2.45) is 5.41 Å². The Hall–Kier alpha value is -1.11. The first-order valence-electron chi connectivity index (χ1n) is 5.57. The molecule has 0 aliphatic rings. The first-order chi connectivity index (χ1) is 6.99. The van der Waals surface area contributed by atoms with Crippen LogP contribution in [0.5, 0.6) is 0 Å². The van der Waals surface area contributed by atoms with E-state index >= 15 is 0 Å². The third-order valence-corrected chi connectivity index (χ3v) is 2.43. The summed E-state index contributed by atoms with van der Waals surface area (Å²) in [6, 6.07) is 9.54. The van der Waals surface area contributed by atoms with Gasteiger partial charge in [0.15, 0.2) is 5.78 Å². The van der Waals surface area contributed by atoms with Crippen LogP contribution in [0.4, 0.5) is 0 Å². The average Bonchev–Trinajstić information content (AvgIpc) is 2.17. The fourth-order valence-corrected chi connectivity index (χ4v) is 1.55. The molecule has 1 nitrogen and oxygen atoms in total. The number of carbonyl (C=O) groups excluding carboxylic acids is 1. The minimum Gasteiger partial charge on any atom is -0.294 e. The summed E-state index contributed by atoms with van der Waals surface area (Å²) in [7, 11) is 0. The zero-order chi connectivity index (χ0) is 11.3. The molecule has 0 bridgehead atoms. The second-order valence-corrected chi connectivity index (χ2v) is 5.20. The molecule has 0 aliphatic carbocycles. The fraction of sp³-hybridized carbons (Fsp3) is 0.500. The SMILES string of the molecule is CC(C)(C)CCCC(=O)c1ccccc1. The highest BCUT2D eigenvalue weighted by Gasteiger charge is 2.11. The Balaban J connectivity index is 2.38. The van der Waals surface area contributed by atoms with Gasteiger partial charge in [0.05, 0.1) is 0 Å². The summed E-state index contributed by atoms with van der Waals surface area (Å²) in [6.07, 6.45) is 2.75. The van der Waals surface area contributed by atoms with Gasteiger partial charge in [0.1, 0.15) is 0 Å². The number of rotatable bonds is 4. The first-order valence-corrected chi connectivity index (χ1v) is 5.57. The summed E-state index contributed by atoms with van der Waals surface area (Å²) in [5.41, 5.74) is 1.17. The van der Waals surface area contributed by atoms with E-state index < -0.39 is 0 Å². The van der Waals surface area contributed by atoms with E-state index in [-0.39, 0.29) is 5.78 Å². The van der Waals surface area contributed by atoms with Gasteiger partial charge in [0.25, 0.3) is 0 Å². The molecule has 0 atom stereocenters. The van der Waals surface area contributed by atoms with Crippen molar-refractivity contribution in [2.45, 2.75) is 40.0 Å². The van der Waals surface area contributed by atoms with Crippen molar-refractivity contribution in [1.29, 1.82) is 0 Å². The normalized spacial score (nSPS) is 11.4. The quantitative estimate of drug-likeness (QED) is 0.675. The maximum Gasteiger partial charge on any atom is 0.162 e. The Morgan fingerprint density at radius 1 is 1.13 bits per heavy atom. The Labute approximate surface area is 92.5 Å². The van der Waals surface area contributed by atoms with Crippen LogP contribution in [0.1, 0.15) is 50.4 Å². The molecular formula is C14H20O. The molecule has 0 saturated heterocycles. The monoisotopic (exact) mass is 204 g/mol. The van der Waals surface area contributed by atoms with Gasteiger partial charge in [-0.2, -0.15) is 0 Å².